The van der Waals surface area contributed by atoms with Crippen LogP contribution in [0.15, 0.2) is 28.7 Å². The van der Waals surface area contributed by atoms with Gasteiger partial charge in [0.1, 0.15) is 11.3 Å². The highest BCUT2D eigenvalue weighted by molar-refractivity contribution is 5.83. The Balaban J connectivity index is 1.94. The zero-order chi connectivity index (χ0) is 14.5. The number of hydrogen-bond acceptors (Lipinski definition) is 3. The number of urea groups is 1. The lowest BCUT2D eigenvalue weighted by Crippen LogP contribution is -2.36. The van der Waals surface area contributed by atoms with Crippen molar-refractivity contribution in [2.45, 2.75) is 19.9 Å². The van der Waals surface area contributed by atoms with Crippen LogP contribution in [0.1, 0.15) is 17.7 Å². The Labute approximate surface area is 115 Å². The first kappa shape index (κ1) is 13.9. The second-order valence-corrected chi connectivity index (χ2v) is 4.39. The molecule has 0 saturated carbocycles. The van der Waals surface area contributed by atoms with E-state index in [-0.39, 0.29) is 13.0 Å². The molecule has 20 heavy (non-hydrogen) atoms. The number of carboxylic acids is 1. The Morgan fingerprint density at radius 2 is 2.00 bits per heavy atom. The van der Waals surface area contributed by atoms with Gasteiger partial charge in [-0.15, -0.1) is 0 Å². The molecular weight excluding hydrogens is 260 g/mol. The number of aliphatic carboxylic acids is 1. The summed E-state index contributed by atoms with van der Waals surface area (Å²) in [6.07, 6.45) is -0.0961. The van der Waals surface area contributed by atoms with Crippen molar-refractivity contribution in [3.8, 4) is 0 Å². The first-order valence-corrected chi connectivity index (χ1v) is 6.28. The van der Waals surface area contributed by atoms with Gasteiger partial charge in [-0.05, 0) is 13.0 Å². The third kappa shape index (κ3) is 3.28. The topological polar surface area (TPSA) is 91.6 Å². The molecule has 0 saturated heterocycles. The lowest BCUT2D eigenvalue weighted by atomic mass is 10.1. The lowest BCUT2D eigenvalue weighted by molar-refractivity contribution is -0.136. The number of carbonyl (C=O) groups is 2. The van der Waals surface area contributed by atoms with Crippen LogP contribution in [0.3, 0.4) is 0 Å². The van der Waals surface area contributed by atoms with E-state index in [2.05, 4.69) is 10.6 Å². The molecule has 0 spiro atoms. The summed E-state index contributed by atoms with van der Waals surface area (Å²) in [5, 5.41) is 14.6. The number of fused-ring (bicyclic) bond motifs is 1. The zero-order valence-electron chi connectivity index (χ0n) is 11.1. The van der Waals surface area contributed by atoms with Crippen molar-refractivity contribution >= 4 is 23.0 Å². The molecule has 6 nitrogen and oxygen atoms in total. The molecular formula is C14H16N2O4. The second-order valence-electron chi connectivity index (χ2n) is 4.39. The van der Waals surface area contributed by atoms with Crippen molar-refractivity contribution in [2.75, 3.05) is 6.54 Å². The number of para-hydroxylation sites is 1. The number of hydrogen-bond donors (Lipinski definition) is 3. The van der Waals surface area contributed by atoms with E-state index in [4.69, 9.17) is 9.52 Å². The highest BCUT2D eigenvalue weighted by Crippen LogP contribution is 2.24. The van der Waals surface area contributed by atoms with Gasteiger partial charge in [0.2, 0.25) is 0 Å². The van der Waals surface area contributed by atoms with Gasteiger partial charge in [-0.25, -0.2) is 4.79 Å². The van der Waals surface area contributed by atoms with Crippen molar-refractivity contribution in [1.29, 1.82) is 0 Å². The minimum atomic E-state index is -0.943. The van der Waals surface area contributed by atoms with E-state index < -0.39 is 12.0 Å². The molecule has 0 aliphatic rings. The molecule has 6 heteroatoms. The van der Waals surface area contributed by atoms with Crippen LogP contribution in [0.5, 0.6) is 0 Å². The maximum atomic E-state index is 11.5. The summed E-state index contributed by atoms with van der Waals surface area (Å²) in [4.78, 5) is 21.9. The Morgan fingerprint density at radius 3 is 2.75 bits per heavy atom. The molecule has 1 aromatic heterocycles. The Bertz CT molecular complexity index is 633. The van der Waals surface area contributed by atoms with Gasteiger partial charge in [0, 0.05) is 24.0 Å². The molecule has 1 aromatic carbocycles. The first-order valence-electron chi connectivity index (χ1n) is 6.28. The average molecular weight is 276 g/mol. The molecule has 1 heterocycles. The van der Waals surface area contributed by atoms with E-state index in [1.54, 1.807) is 0 Å². The SMILES string of the molecule is Cc1oc2ccccc2c1CNC(=O)NCCC(=O)O. The number of amides is 2. The number of nitrogens with one attached hydrogen (secondary N) is 2. The van der Waals surface area contributed by atoms with Crippen LogP contribution in [0.4, 0.5) is 4.79 Å². The van der Waals surface area contributed by atoms with E-state index in [1.165, 1.54) is 0 Å². The van der Waals surface area contributed by atoms with Crippen LogP contribution in [0.25, 0.3) is 11.0 Å². The van der Waals surface area contributed by atoms with Gasteiger partial charge in [-0.1, -0.05) is 18.2 Å². The van der Waals surface area contributed by atoms with E-state index in [9.17, 15) is 9.59 Å². The van der Waals surface area contributed by atoms with Crippen LogP contribution in [0, 0.1) is 6.92 Å². The van der Waals surface area contributed by atoms with Crippen LogP contribution in [-0.2, 0) is 11.3 Å². The van der Waals surface area contributed by atoms with Gasteiger partial charge in [0.25, 0.3) is 0 Å². The highest BCUT2D eigenvalue weighted by atomic mass is 16.4. The minimum absolute atomic E-state index is 0.0961. The van der Waals surface area contributed by atoms with Crippen molar-refractivity contribution in [1.82, 2.24) is 10.6 Å². The molecule has 0 atom stereocenters. The summed E-state index contributed by atoms with van der Waals surface area (Å²) in [6, 6.07) is 7.22. The van der Waals surface area contributed by atoms with Crippen molar-refractivity contribution < 1.29 is 19.1 Å². The molecule has 0 bridgehead atoms. The monoisotopic (exact) mass is 276 g/mol. The number of furan rings is 1. The average Bonchev–Trinajstić information content (AvgIpc) is 2.71. The summed E-state index contributed by atoms with van der Waals surface area (Å²) in [7, 11) is 0. The summed E-state index contributed by atoms with van der Waals surface area (Å²) >= 11 is 0. The van der Waals surface area contributed by atoms with Crippen LogP contribution in [0.2, 0.25) is 0 Å². The summed E-state index contributed by atoms with van der Waals surface area (Å²) in [6.45, 7) is 2.29. The first-order chi connectivity index (χ1) is 9.58. The predicted molar refractivity (Wildman–Crippen MR) is 73.4 cm³/mol. The van der Waals surface area contributed by atoms with E-state index in [0.717, 1.165) is 22.3 Å². The fourth-order valence-electron chi connectivity index (χ4n) is 1.95. The molecule has 0 aliphatic heterocycles. The summed E-state index contributed by atoms with van der Waals surface area (Å²) in [5.41, 5.74) is 1.71. The number of aryl methyl sites for hydroxylation is 1. The molecule has 2 amide bonds. The number of carboxylic acid groups (broad SMARTS) is 1. The largest absolute Gasteiger partial charge is 0.481 e. The van der Waals surface area contributed by atoms with E-state index in [0.29, 0.717) is 6.54 Å². The lowest BCUT2D eigenvalue weighted by Gasteiger charge is -2.06. The maximum absolute atomic E-state index is 11.5. The molecule has 106 valence electrons. The quantitative estimate of drug-likeness (QED) is 0.779. The third-order valence-electron chi connectivity index (χ3n) is 2.95. The highest BCUT2D eigenvalue weighted by Gasteiger charge is 2.11. The standard InChI is InChI=1S/C14H16N2O4/c1-9-11(10-4-2-3-5-12(10)20-9)8-16-14(19)15-7-6-13(17)18/h2-5H,6-8H2,1H3,(H,17,18)(H2,15,16,19). The zero-order valence-corrected chi connectivity index (χ0v) is 11.1. The Morgan fingerprint density at radius 1 is 1.25 bits per heavy atom. The minimum Gasteiger partial charge on any atom is -0.481 e. The van der Waals surface area contributed by atoms with Gasteiger partial charge in [-0.2, -0.15) is 0 Å². The fraction of sp³-hybridized carbons (Fsp3) is 0.286. The van der Waals surface area contributed by atoms with E-state index >= 15 is 0 Å². The fourth-order valence-corrected chi connectivity index (χ4v) is 1.95. The number of benzene rings is 1. The van der Waals surface area contributed by atoms with Gasteiger partial charge in [0.05, 0.1) is 6.42 Å². The van der Waals surface area contributed by atoms with Crippen LogP contribution >= 0.6 is 0 Å². The van der Waals surface area contributed by atoms with Crippen molar-refractivity contribution in [3.63, 3.8) is 0 Å². The summed E-state index contributed by atoms with van der Waals surface area (Å²) < 4.78 is 5.59. The normalized spacial score (nSPS) is 10.4. The Kier molecular flexibility index (Phi) is 4.24. The van der Waals surface area contributed by atoms with Gasteiger partial charge >= 0.3 is 12.0 Å². The molecule has 0 unspecified atom stereocenters. The van der Waals surface area contributed by atoms with Crippen LogP contribution < -0.4 is 10.6 Å². The molecule has 3 N–H and O–H groups in total. The number of carbonyl (C=O) groups excluding carboxylic acids is 1. The molecule has 0 radical (unpaired) electrons. The van der Waals surface area contributed by atoms with Crippen molar-refractivity contribution in [2.24, 2.45) is 0 Å². The van der Waals surface area contributed by atoms with Crippen molar-refractivity contribution in [3.05, 3.63) is 35.6 Å². The van der Waals surface area contributed by atoms with Gasteiger partial charge < -0.3 is 20.2 Å². The summed E-state index contributed by atoms with van der Waals surface area (Å²) in [5.74, 6) is -0.181. The molecule has 2 aromatic rings. The molecule has 2 rings (SSSR count). The van der Waals surface area contributed by atoms with Gasteiger partial charge in [-0.3, -0.25) is 4.79 Å². The predicted octanol–water partition coefficient (Wildman–Crippen LogP) is 2.02. The van der Waals surface area contributed by atoms with Gasteiger partial charge in [0.15, 0.2) is 0 Å². The molecule has 0 fully saturated rings. The third-order valence-corrected chi connectivity index (χ3v) is 2.95. The number of rotatable bonds is 5. The van der Waals surface area contributed by atoms with E-state index in [1.807, 2.05) is 31.2 Å². The maximum Gasteiger partial charge on any atom is 0.315 e. The van der Waals surface area contributed by atoms with Crippen LogP contribution in [-0.4, -0.2) is 23.7 Å². The second kappa shape index (κ2) is 6.10. The molecule has 0 aliphatic carbocycles. The smallest absolute Gasteiger partial charge is 0.315 e. The Hall–Kier alpha value is -2.50.